The molecule has 2 heterocycles. The van der Waals surface area contributed by atoms with Crippen LogP contribution in [0.3, 0.4) is 0 Å². The molecule has 0 unspecified atom stereocenters. The number of nitriles is 1. The summed E-state index contributed by atoms with van der Waals surface area (Å²) in [6.45, 7) is 0.493. The third kappa shape index (κ3) is 2.02. The van der Waals surface area contributed by atoms with Gasteiger partial charge in [0.25, 0.3) is 4.96 Å². The lowest BCUT2D eigenvalue weighted by molar-refractivity contribution is -0.389. The quantitative estimate of drug-likeness (QED) is 0.617. The predicted octanol–water partition coefficient (Wildman–Crippen LogP) is 2.19. The Kier molecular flexibility index (Phi) is 2.83. The zero-order valence-electron chi connectivity index (χ0n) is 10.0. The summed E-state index contributed by atoms with van der Waals surface area (Å²) in [6.07, 6.45) is 4.02. The van der Waals surface area contributed by atoms with E-state index in [0.29, 0.717) is 23.7 Å². The number of thiazole rings is 1. The van der Waals surface area contributed by atoms with Gasteiger partial charge in [0.1, 0.15) is 6.20 Å². The van der Waals surface area contributed by atoms with Crippen LogP contribution in [0.25, 0.3) is 4.96 Å². The first-order valence-corrected chi connectivity index (χ1v) is 6.84. The number of nitro groups is 1. The molecule has 1 aliphatic carbocycles. The van der Waals surface area contributed by atoms with Crippen LogP contribution in [0.15, 0.2) is 11.6 Å². The van der Waals surface area contributed by atoms with Gasteiger partial charge in [0.2, 0.25) is 5.82 Å². The van der Waals surface area contributed by atoms with E-state index >= 15 is 0 Å². The molecule has 2 aromatic rings. The van der Waals surface area contributed by atoms with E-state index in [1.807, 2.05) is 4.90 Å². The van der Waals surface area contributed by atoms with E-state index in [1.165, 1.54) is 15.7 Å². The zero-order chi connectivity index (χ0) is 13.4. The molecular weight excluding hydrogens is 266 g/mol. The number of rotatable bonds is 5. The fourth-order valence-electron chi connectivity index (χ4n) is 2.14. The first kappa shape index (κ1) is 11.9. The van der Waals surface area contributed by atoms with E-state index in [9.17, 15) is 10.1 Å². The summed E-state index contributed by atoms with van der Waals surface area (Å²) in [5.74, 6) is 0.399. The molecule has 1 aliphatic rings. The minimum absolute atomic E-state index is 0.00101. The van der Waals surface area contributed by atoms with Crippen LogP contribution in [0.5, 0.6) is 0 Å². The lowest BCUT2D eigenvalue weighted by atomic mass is 10.3. The van der Waals surface area contributed by atoms with Crippen LogP contribution in [0.1, 0.15) is 19.3 Å². The van der Waals surface area contributed by atoms with Crippen molar-refractivity contribution in [1.82, 2.24) is 9.38 Å². The minimum atomic E-state index is -0.399. The average Bonchev–Trinajstić information content (AvgIpc) is 2.98. The molecule has 1 fully saturated rings. The van der Waals surface area contributed by atoms with Gasteiger partial charge < -0.3 is 15.0 Å². The van der Waals surface area contributed by atoms with Gasteiger partial charge in [-0.2, -0.15) is 14.6 Å². The molecule has 1 saturated carbocycles. The number of hydrogen-bond acceptors (Lipinski definition) is 6. The van der Waals surface area contributed by atoms with Crippen LogP contribution in [0.2, 0.25) is 0 Å². The number of aromatic nitrogens is 2. The molecule has 19 heavy (non-hydrogen) atoms. The number of nitrogens with zero attached hydrogens (tertiary/aromatic N) is 5. The normalized spacial score (nSPS) is 14.5. The Morgan fingerprint density at radius 2 is 2.47 bits per heavy atom. The van der Waals surface area contributed by atoms with Gasteiger partial charge in [0.15, 0.2) is 0 Å². The van der Waals surface area contributed by atoms with Gasteiger partial charge in [-0.05, 0) is 17.8 Å². The van der Waals surface area contributed by atoms with Crippen LogP contribution in [0, 0.1) is 21.4 Å². The molecule has 0 bridgehead atoms. The van der Waals surface area contributed by atoms with E-state index in [4.69, 9.17) is 5.26 Å². The highest BCUT2D eigenvalue weighted by atomic mass is 32.1. The Morgan fingerprint density at radius 1 is 1.68 bits per heavy atom. The lowest BCUT2D eigenvalue weighted by Gasteiger charge is -2.19. The van der Waals surface area contributed by atoms with Crippen LogP contribution in [-0.4, -0.2) is 26.9 Å². The van der Waals surface area contributed by atoms with Gasteiger partial charge in [-0.1, -0.05) is 11.3 Å². The van der Waals surface area contributed by atoms with Gasteiger partial charge in [-0.25, -0.2) is 0 Å². The van der Waals surface area contributed by atoms with Crippen molar-refractivity contribution in [2.45, 2.75) is 25.3 Å². The van der Waals surface area contributed by atoms with Crippen molar-refractivity contribution in [2.24, 2.45) is 0 Å². The molecule has 7 nitrogen and oxygen atoms in total. The second-order valence-corrected chi connectivity index (χ2v) is 5.28. The van der Waals surface area contributed by atoms with Crippen molar-refractivity contribution in [3.05, 3.63) is 21.7 Å². The van der Waals surface area contributed by atoms with E-state index < -0.39 is 4.92 Å². The molecule has 0 amide bonds. The van der Waals surface area contributed by atoms with Crippen LogP contribution >= 0.6 is 11.3 Å². The van der Waals surface area contributed by atoms with Gasteiger partial charge in [0.05, 0.1) is 12.5 Å². The molecule has 0 atom stereocenters. The Morgan fingerprint density at radius 3 is 3.11 bits per heavy atom. The molecular formula is C11H11N5O2S. The maximum absolute atomic E-state index is 11.3. The first-order chi connectivity index (χ1) is 9.22. The molecule has 0 aliphatic heterocycles. The molecule has 0 N–H and O–H groups in total. The van der Waals surface area contributed by atoms with E-state index in [-0.39, 0.29) is 11.9 Å². The highest BCUT2D eigenvalue weighted by Crippen LogP contribution is 2.37. The monoisotopic (exact) mass is 277 g/mol. The average molecular weight is 277 g/mol. The summed E-state index contributed by atoms with van der Waals surface area (Å²) in [6, 6.07) is 2.37. The molecule has 0 radical (unpaired) electrons. The topological polar surface area (TPSA) is 87.5 Å². The summed E-state index contributed by atoms with van der Waals surface area (Å²) in [7, 11) is 0. The summed E-state index contributed by atoms with van der Waals surface area (Å²) in [4.78, 5) is 17.8. The van der Waals surface area contributed by atoms with Crippen molar-refractivity contribution >= 4 is 27.9 Å². The van der Waals surface area contributed by atoms with Gasteiger partial charge in [-0.3, -0.25) is 0 Å². The third-order valence-electron chi connectivity index (χ3n) is 3.12. The maximum Gasteiger partial charge on any atom is 0.373 e. The largest absolute Gasteiger partial charge is 0.373 e. The van der Waals surface area contributed by atoms with Crippen molar-refractivity contribution < 1.29 is 4.92 Å². The second-order valence-electron chi connectivity index (χ2n) is 4.40. The number of fused-ring (bicyclic) bond motifs is 1. The summed E-state index contributed by atoms with van der Waals surface area (Å²) < 4.78 is 1.50. The van der Waals surface area contributed by atoms with Gasteiger partial charge in [0, 0.05) is 18.0 Å². The van der Waals surface area contributed by atoms with Crippen LogP contribution in [-0.2, 0) is 0 Å². The summed E-state index contributed by atoms with van der Waals surface area (Å²) in [5, 5.41) is 21.8. The summed E-state index contributed by atoms with van der Waals surface area (Å²) in [5.41, 5.74) is 0. The fourth-order valence-corrected chi connectivity index (χ4v) is 2.85. The molecule has 0 saturated heterocycles. The van der Waals surface area contributed by atoms with Crippen LogP contribution < -0.4 is 4.90 Å². The lowest BCUT2D eigenvalue weighted by Crippen LogP contribution is -2.27. The van der Waals surface area contributed by atoms with Crippen molar-refractivity contribution in [2.75, 3.05) is 11.4 Å². The van der Waals surface area contributed by atoms with E-state index in [1.54, 1.807) is 11.6 Å². The van der Waals surface area contributed by atoms with Crippen molar-refractivity contribution in [1.29, 1.82) is 5.26 Å². The van der Waals surface area contributed by atoms with E-state index in [2.05, 4.69) is 11.1 Å². The highest BCUT2D eigenvalue weighted by molar-refractivity contribution is 7.15. The third-order valence-corrected chi connectivity index (χ3v) is 3.87. The fraction of sp³-hybridized carbons (Fsp3) is 0.455. The number of anilines is 1. The minimum Gasteiger partial charge on any atom is -0.358 e. The van der Waals surface area contributed by atoms with Gasteiger partial charge >= 0.3 is 5.82 Å². The SMILES string of the molecule is N#CCCN(c1nc2sccn2c1[N+](=O)[O-])C1CC1. The number of imidazole rings is 1. The number of hydrogen-bond donors (Lipinski definition) is 0. The summed E-state index contributed by atoms with van der Waals surface area (Å²) >= 11 is 1.37. The zero-order valence-corrected chi connectivity index (χ0v) is 10.8. The molecule has 0 aromatic carbocycles. The maximum atomic E-state index is 11.3. The standard InChI is InChI=1S/C11H11N5O2S/c12-4-1-5-14(8-2-3-8)9-10(16(17)18)15-6-7-19-11(15)13-9/h6-8H,1-3,5H2. The molecule has 0 spiro atoms. The van der Waals surface area contributed by atoms with Crippen LogP contribution in [0.4, 0.5) is 11.6 Å². The first-order valence-electron chi connectivity index (χ1n) is 5.96. The Hall–Kier alpha value is -2.14. The molecule has 8 heteroatoms. The highest BCUT2D eigenvalue weighted by Gasteiger charge is 2.36. The Bertz CT molecular complexity index is 666. The Balaban J connectivity index is 2.06. The molecule has 2 aromatic heterocycles. The molecule has 3 rings (SSSR count). The molecule has 98 valence electrons. The van der Waals surface area contributed by atoms with Crippen molar-refractivity contribution in [3.8, 4) is 6.07 Å². The van der Waals surface area contributed by atoms with E-state index in [0.717, 1.165) is 12.8 Å². The Labute approximate surface area is 112 Å². The van der Waals surface area contributed by atoms with Gasteiger partial charge in [-0.15, -0.1) is 0 Å². The van der Waals surface area contributed by atoms with Crippen molar-refractivity contribution in [3.63, 3.8) is 0 Å². The smallest absolute Gasteiger partial charge is 0.358 e. The second kappa shape index (κ2) is 4.51. The predicted molar refractivity (Wildman–Crippen MR) is 70.3 cm³/mol.